The number of nitrogens with zero attached hydrogens (tertiary/aromatic N) is 7. The SMILES string of the molecule is Clc1ccc(N2CCN(CCCn3cc(CNc4nc(NC5CCNCC5)c5ccccc5n4)nn3)CC2)cc1Cl. The first kappa shape index (κ1) is 28.0. The van der Waals surface area contributed by atoms with Crippen molar-refractivity contribution in [3.63, 3.8) is 0 Å². The van der Waals surface area contributed by atoms with Crippen LogP contribution in [0.5, 0.6) is 0 Å². The van der Waals surface area contributed by atoms with Crippen LogP contribution in [0.25, 0.3) is 10.9 Å². The summed E-state index contributed by atoms with van der Waals surface area (Å²) in [6.07, 6.45) is 5.19. The number of hydrogen-bond donors (Lipinski definition) is 3. The minimum absolute atomic E-state index is 0.411. The van der Waals surface area contributed by atoms with Gasteiger partial charge in [-0.1, -0.05) is 40.5 Å². The fourth-order valence-corrected chi connectivity index (χ4v) is 5.78. The van der Waals surface area contributed by atoms with Gasteiger partial charge in [-0.3, -0.25) is 9.58 Å². The number of hydrogen-bond acceptors (Lipinski definition) is 9. The normalized spacial score (nSPS) is 16.8. The highest BCUT2D eigenvalue weighted by molar-refractivity contribution is 6.42. The first-order valence-corrected chi connectivity index (χ1v) is 15.2. The molecule has 0 radical (unpaired) electrons. The van der Waals surface area contributed by atoms with Crippen molar-refractivity contribution in [2.75, 3.05) is 61.3 Å². The Bertz CT molecular complexity index is 1450. The third kappa shape index (κ3) is 7.19. The summed E-state index contributed by atoms with van der Waals surface area (Å²) in [5, 5.41) is 21.4. The van der Waals surface area contributed by atoms with E-state index in [4.69, 9.17) is 33.2 Å². The molecule has 2 saturated heterocycles. The van der Waals surface area contributed by atoms with E-state index in [1.165, 1.54) is 0 Å². The predicted molar refractivity (Wildman–Crippen MR) is 166 cm³/mol. The molecule has 2 fully saturated rings. The Morgan fingerprint density at radius 3 is 2.59 bits per heavy atom. The molecule has 2 aliphatic heterocycles. The Labute approximate surface area is 250 Å². The molecule has 0 amide bonds. The van der Waals surface area contributed by atoms with E-state index in [1.54, 1.807) is 0 Å². The van der Waals surface area contributed by atoms with Crippen LogP contribution < -0.4 is 20.9 Å². The van der Waals surface area contributed by atoms with Gasteiger partial charge < -0.3 is 20.9 Å². The lowest BCUT2D eigenvalue weighted by molar-refractivity contribution is 0.249. The van der Waals surface area contributed by atoms with E-state index in [0.717, 1.165) is 99.7 Å². The lowest BCUT2D eigenvalue weighted by Gasteiger charge is -2.36. The number of halogens is 2. The standard InChI is InChI=1S/C29H36Cl2N10/c30-25-7-6-23(18-26(25)31)40-16-14-39(15-17-40)12-3-13-41-20-22(37-38-41)19-33-29-35-27-5-2-1-4-24(27)28(36-29)34-21-8-10-32-11-9-21/h1-2,4-7,18,20-21,32H,3,8-17,19H2,(H2,33,34,35,36). The number of piperazine rings is 1. The molecule has 2 aromatic heterocycles. The number of benzene rings is 2. The number of para-hydroxylation sites is 1. The number of nitrogens with one attached hydrogen (secondary N) is 3. The Morgan fingerprint density at radius 2 is 1.76 bits per heavy atom. The van der Waals surface area contributed by atoms with Crippen LogP contribution in [0.2, 0.25) is 10.0 Å². The zero-order valence-electron chi connectivity index (χ0n) is 23.1. The zero-order valence-corrected chi connectivity index (χ0v) is 24.6. The van der Waals surface area contributed by atoms with E-state index < -0.39 is 0 Å². The van der Waals surface area contributed by atoms with Crippen LogP contribution in [0.1, 0.15) is 25.0 Å². The second-order valence-corrected chi connectivity index (χ2v) is 11.5. The maximum Gasteiger partial charge on any atom is 0.225 e. The summed E-state index contributed by atoms with van der Waals surface area (Å²) < 4.78 is 1.92. The van der Waals surface area contributed by atoms with Crippen molar-refractivity contribution in [2.24, 2.45) is 0 Å². The molecule has 0 spiro atoms. The average Bonchev–Trinajstić information content (AvgIpc) is 3.46. The van der Waals surface area contributed by atoms with E-state index in [0.29, 0.717) is 28.6 Å². The molecule has 216 valence electrons. The number of rotatable bonds is 10. The van der Waals surface area contributed by atoms with Crippen LogP contribution in [0.4, 0.5) is 17.5 Å². The van der Waals surface area contributed by atoms with Crippen molar-refractivity contribution < 1.29 is 0 Å². The van der Waals surface area contributed by atoms with Gasteiger partial charge in [0.05, 0.1) is 28.3 Å². The minimum Gasteiger partial charge on any atom is -0.369 e. The highest BCUT2D eigenvalue weighted by Gasteiger charge is 2.18. The fourth-order valence-electron chi connectivity index (χ4n) is 5.49. The topological polar surface area (TPSA) is 99.1 Å². The van der Waals surface area contributed by atoms with Crippen molar-refractivity contribution in [3.8, 4) is 0 Å². The van der Waals surface area contributed by atoms with Gasteiger partial charge in [0.25, 0.3) is 0 Å². The van der Waals surface area contributed by atoms with Crippen molar-refractivity contribution in [1.82, 2.24) is 35.2 Å². The largest absolute Gasteiger partial charge is 0.369 e. The Kier molecular flexibility index (Phi) is 9.00. The van der Waals surface area contributed by atoms with E-state index in [9.17, 15) is 0 Å². The van der Waals surface area contributed by atoms with Crippen molar-refractivity contribution >= 4 is 51.6 Å². The molecule has 4 heterocycles. The van der Waals surface area contributed by atoms with Gasteiger partial charge in [0.2, 0.25) is 5.95 Å². The van der Waals surface area contributed by atoms with Gasteiger partial charge in [0.15, 0.2) is 0 Å². The number of aromatic nitrogens is 5. The van der Waals surface area contributed by atoms with E-state index in [-0.39, 0.29) is 0 Å². The summed E-state index contributed by atoms with van der Waals surface area (Å²) in [6.45, 7) is 8.42. The van der Waals surface area contributed by atoms with Gasteiger partial charge >= 0.3 is 0 Å². The second-order valence-electron chi connectivity index (χ2n) is 10.7. The third-order valence-corrected chi connectivity index (χ3v) is 8.54. The molecule has 4 aromatic rings. The summed E-state index contributed by atoms with van der Waals surface area (Å²) in [7, 11) is 0. The molecule has 41 heavy (non-hydrogen) atoms. The van der Waals surface area contributed by atoms with Crippen LogP contribution in [-0.4, -0.2) is 81.7 Å². The molecule has 6 rings (SSSR count). The average molecular weight is 596 g/mol. The molecule has 10 nitrogen and oxygen atoms in total. The first-order chi connectivity index (χ1) is 20.1. The lowest BCUT2D eigenvalue weighted by Crippen LogP contribution is -2.46. The molecule has 0 aliphatic carbocycles. The number of aryl methyl sites for hydroxylation is 1. The molecule has 2 aliphatic rings. The molecular formula is C29H36Cl2N10. The smallest absolute Gasteiger partial charge is 0.225 e. The van der Waals surface area contributed by atoms with Crippen molar-refractivity contribution in [1.29, 1.82) is 0 Å². The first-order valence-electron chi connectivity index (χ1n) is 14.4. The van der Waals surface area contributed by atoms with Gasteiger partial charge in [0.1, 0.15) is 11.5 Å². The van der Waals surface area contributed by atoms with Gasteiger partial charge in [-0.2, -0.15) is 4.98 Å². The third-order valence-electron chi connectivity index (χ3n) is 7.80. The summed E-state index contributed by atoms with van der Waals surface area (Å²) in [5.41, 5.74) is 2.92. The van der Waals surface area contributed by atoms with Crippen LogP contribution in [0.15, 0.2) is 48.7 Å². The number of anilines is 3. The van der Waals surface area contributed by atoms with Gasteiger partial charge in [0, 0.05) is 56.4 Å². The van der Waals surface area contributed by atoms with Crippen LogP contribution in [0, 0.1) is 0 Å². The number of piperidine rings is 1. The Morgan fingerprint density at radius 1 is 0.927 bits per heavy atom. The predicted octanol–water partition coefficient (Wildman–Crippen LogP) is 4.52. The maximum absolute atomic E-state index is 6.20. The minimum atomic E-state index is 0.411. The summed E-state index contributed by atoms with van der Waals surface area (Å²) in [4.78, 5) is 14.4. The van der Waals surface area contributed by atoms with Gasteiger partial charge in [-0.25, -0.2) is 4.98 Å². The van der Waals surface area contributed by atoms with Crippen LogP contribution in [-0.2, 0) is 13.1 Å². The number of fused-ring (bicyclic) bond motifs is 1. The molecule has 3 N–H and O–H groups in total. The highest BCUT2D eigenvalue weighted by atomic mass is 35.5. The molecular weight excluding hydrogens is 559 g/mol. The summed E-state index contributed by atoms with van der Waals surface area (Å²) in [6, 6.07) is 14.4. The fraction of sp³-hybridized carbons (Fsp3) is 0.448. The monoisotopic (exact) mass is 594 g/mol. The molecule has 12 heteroatoms. The lowest BCUT2D eigenvalue weighted by atomic mass is 10.1. The van der Waals surface area contributed by atoms with Crippen LogP contribution in [0.3, 0.4) is 0 Å². The second kappa shape index (κ2) is 13.2. The zero-order chi connectivity index (χ0) is 28.0. The quantitative estimate of drug-likeness (QED) is 0.245. The van der Waals surface area contributed by atoms with E-state index >= 15 is 0 Å². The maximum atomic E-state index is 6.20. The molecule has 0 bridgehead atoms. The van der Waals surface area contributed by atoms with Crippen LogP contribution >= 0.6 is 23.2 Å². The van der Waals surface area contributed by atoms with E-state index in [1.807, 2.05) is 47.3 Å². The molecule has 0 unspecified atom stereocenters. The van der Waals surface area contributed by atoms with Gasteiger partial charge in [-0.05, 0) is 62.7 Å². The van der Waals surface area contributed by atoms with Crippen molar-refractivity contribution in [2.45, 2.75) is 38.4 Å². The van der Waals surface area contributed by atoms with Gasteiger partial charge in [-0.15, -0.1) is 5.10 Å². The Balaban J connectivity index is 0.976. The van der Waals surface area contributed by atoms with Crippen molar-refractivity contribution in [3.05, 3.63) is 64.4 Å². The molecule has 0 saturated carbocycles. The summed E-state index contributed by atoms with van der Waals surface area (Å²) in [5.74, 6) is 1.47. The summed E-state index contributed by atoms with van der Waals surface area (Å²) >= 11 is 12.3. The van der Waals surface area contributed by atoms with E-state index in [2.05, 4.69) is 42.1 Å². The Hall–Kier alpha value is -3.18. The molecule has 2 aromatic carbocycles. The highest BCUT2D eigenvalue weighted by Crippen LogP contribution is 2.28. The molecule has 0 atom stereocenters.